The van der Waals surface area contributed by atoms with Crippen molar-refractivity contribution in [2.75, 3.05) is 31.6 Å². The van der Waals surface area contributed by atoms with Gasteiger partial charge in [0.25, 0.3) is 5.91 Å². The van der Waals surface area contributed by atoms with Crippen molar-refractivity contribution in [2.45, 2.75) is 4.90 Å². The molecule has 4 rings (SSSR count). The summed E-state index contributed by atoms with van der Waals surface area (Å²) in [6.07, 6.45) is 0. The number of rotatable bonds is 4. The summed E-state index contributed by atoms with van der Waals surface area (Å²) < 4.78 is 46.3. The van der Waals surface area contributed by atoms with E-state index in [1.807, 2.05) is 0 Å². The number of fused-ring (bicyclic) bond motifs is 1. The number of sulfonamides is 1. The van der Waals surface area contributed by atoms with Gasteiger partial charge in [0.05, 0.1) is 23.0 Å². The zero-order valence-corrected chi connectivity index (χ0v) is 16.4. The highest BCUT2D eigenvalue weighted by molar-refractivity contribution is 7.89. The van der Waals surface area contributed by atoms with Gasteiger partial charge in [0.15, 0.2) is 0 Å². The number of anilines is 1. The molecule has 2 aromatic carbocycles. The summed E-state index contributed by atoms with van der Waals surface area (Å²) in [6, 6.07) is 12.2. The van der Waals surface area contributed by atoms with Crippen LogP contribution >= 0.6 is 11.3 Å². The van der Waals surface area contributed by atoms with Crippen molar-refractivity contribution in [2.24, 2.45) is 0 Å². The molecule has 1 N–H and O–H groups in total. The van der Waals surface area contributed by atoms with Crippen LogP contribution in [-0.2, 0) is 14.8 Å². The van der Waals surface area contributed by atoms with Crippen LogP contribution in [0.1, 0.15) is 9.67 Å². The third kappa shape index (κ3) is 3.66. The van der Waals surface area contributed by atoms with Gasteiger partial charge in [0, 0.05) is 28.9 Å². The van der Waals surface area contributed by atoms with Gasteiger partial charge >= 0.3 is 0 Å². The smallest absolute Gasteiger partial charge is 0.265 e. The van der Waals surface area contributed by atoms with Crippen LogP contribution in [0.25, 0.3) is 10.1 Å². The van der Waals surface area contributed by atoms with Gasteiger partial charge in [-0.05, 0) is 42.5 Å². The Morgan fingerprint density at radius 2 is 1.82 bits per heavy atom. The number of nitrogens with one attached hydrogen (secondary N) is 1. The van der Waals surface area contributed by atoms with Crippen LogP contribution < -0.4 is 5.32 Å². The van der Waals surface area contributed by atoms with Crippen molar-refractivity contribution in [1.29, 1.82) is 0 Å². The molecule has 2 heterocycles. The van der Waals surface area contributed by atoms with E-state index in [-0.39, 0.29) is 16.6 Å². The lowest BCUT2D eigenvalue weighted by molar-refractivity contribution is 0.0730. The lowest BCUT2D eigenvalue weighted by atomic mass is 10.2. The van der Waals surface area contributed by atoms with Crippen molar-refractivity contribution in [3.8, 4) is 0 Å². The summed E-state index contributed by atoms with van der Waals surface area (Å²) in [5, 5.41) is 3.12. The summed E-state index contributed by atoms with van der Waals surface area (Å²) in [5.74, 6) is -0.741. The van der Waals surface area contributed by atoms with E-state index in [1.54, 1.807) is 24.3 Å². The Balaban J connectivity index is 1.50. The lowest BCUT2D eigenvalue weighted by Gasteiger charge is -2.26. The normalized spacial score (nSPS) is 15.6. The van der Waals surface area contributed by atoms with Crippen molar-refractivity contribution < 1.29 is 22.3 Å². The number of nitrogens with zero attached hydrogens (tertiary/aromatic N) is 1. The molecule has 28 heavy (non-hydrogen) atoms. The van der Waals surface area contributed by atoms with Crippen LogP contribution in [0.4, 0.5) is 10.1 Å². The first-order chi connectivity index (χ1) is 13.4. The van der Waals surface area contributed by atoms with E-state index in [1.165, 1.54) is 39.9 Å². The average molecular weight is 420 g/mol. The van der Waals surface area contributed by atoms with Gasteiger partial charge in [-0.15, -0.1) is 11.3 Å². The molecule has 146 valence electrons. The second-order valence-corrected chi connectivity index (χ2v) is 9.28. The molecule has 1 aliphatic rings. The summed E-state index contributed by atoms with van der Waals surface area (Å²) in [6.45, 7) is 1.40. The molecule has 3 aromatic rings. The predicted molar refractivity (Wildman–Crippen MR) is 106 cm³/mol. The fourth-order valence-corrected chi connectivity index (χ4v) is 5.35. The summed E-state index contributed by atoms with van der Waals surface area (Å²) in [4.78, 5) is 13.0. The van der Waals surface area contributed by atoms with Crippen LogP contribution in [0.5, 0.6) is 0 Å². The number of halogens is 1. The third-order valence-corrected chi connectivity index (χ3v) is 7.46. The number of hydrogen-bond acceptors (Lipinski definition) is 5. The van der Waals surface area contributed by atoms with E-state index >= 15 is 0 Å². The maximum absolute atomic E-state index is 13.8. The molecule has 1 fully saturated rings. The molecule has 0 unspecified atom stereocenters. The molecule has 0 radical (unpaired) electrons. The molecule has 0 aliphatic carbocycles. The van der Waals surface area contributed by atoms with Crippen LogP contribution in [0, 0.1) is 5.82 Å². The number of hydrogen-bond donors (Lipinski definition) is 1. The summed E-state index contributed by atoms with van der Waals surface area (Å²) >= 11 is 1.20. The molecule has 1 amide bonds. The van der Waals surface area contributed by atoms with Gasteiger partial charge in [-0.3, -0.25) is 4.79 Å². The summed E-state index contributed by atoms with van der Waals surface area (Å²) in [5.41, 5.74) is 0.462. The van der Waals surface area contributed by atoms with E-state index in [4.69, 9.17) is 4.74 Å². The number of carbonyl (C=O) groups is 1. The van der Waals surface area contributed by atoms with E-state index in [2.05, 4.69) is 5.32 Å². The standard InChI is InChI=1S/C19H17FN2O4S2/c20-16-2-1-3-17-15(16)12-18(27-17)19(23)21-13-4-6-14(7-5-13)28(24,25)22-8-10-26-11-9-22/h1-7,12H,8-11H2,(H,21,23). The fourth-order valence-electron chi connectivity index (χ4n) is 2.98. The van der Waals surface area contributed by atoms with E-state index < -0.39 is 10.0 Å². The highest BCUT2D eigenvalue weighted by Gasteiger charge is 2.26. The molecule has 9 heteroatoms. The van der Waals surface area contributed by atoms with Crippen molar-refractivity contribution >= 4 is 43.0 Å². The van der Waals surface area contributed by atoms with Crippen molar-refractivity contribution in [3.05, 3.63) is 59.2 Å². The van der Waals surface area contributed by atoms with Crippen LogP contribution in [0.15, 0.2) is 53.4 Å². The Morgan fingerprint density at radius 3 is 2.50 bits per heavy atom. The van der Waals surface area contributed by atoms with Gasteiger partial charge in [-0.2, -0.15) is 4.31 Å². The molecule has 0 bridgehead atoms. The highest BCUT2D eigenvalue weighted by Crippen LogP contribution is 2.28. The lowest BCUT2D eigenvalue weighted by Crippen LogP contribution is -2.40. The highest BCUT2D eigenvalue weighted by atomic mass is 32.2. The number of carbonyl (C=O) groups excluding carboxylic acids is 1. The number of ether oxygens (including phenoxy) is 1. The zero-order valence-electron chi connectivity index (χ0n) is 14.7. The van der Waals surface area contributed by atoms with E-state index in [0.717, 1.165) is 0 Å². The first-order valence-electron chi connectivity index (χ1n) is 8.62. The Morgan fingerprint density at radius 1 is 1.11 bits per heavy atom. The minimum atomic E-state index is -3.58. The van der Waals surface area contributed by atoms with Crippen molar-refractivity contribution in [1.82, 2.24) is 4.31 Å². The predicted octanol–water partition coefficient (Wildman–Crippen LogP) is 3.31. The minimum absolute atomic E-state index is 0.163. The molecule has 1 saturated heterocycles. The number of amides is 1. The SMILES string of the molecule is O=C(Nc1ccc(S(=O)(=O)N2CCOCC2)cc1)c1cc2c(F)cccc2s1. The van der Waals surface area contributed by atoms with Gasteiger partial charge in [-0.1, -0.05) is 6.07 Å². The molecular formula is C19H17FN2O4S2. The number of morpholine rings is 1. The Kier molecular flexibility index (Phi) is 5.15. The largest absolute Gasteiger partial charge is 0.379 e. The Labute approximate surface area is 165 Å². The fraction of sp³-hybridized carbons (Fsp3) is 0.211. The average Bonchev–Trinajstić information content (AvgIpc) is 3.15. The van der Waals surface area contributed by atoms with E-state index in [0.29, 0.717) is 47.0 Å². The molecule has 0 spiro atoms. The van der Waals surface area contributed by atoms with Gasteiger partial charge < -0.3 is 10.1 Å². The monoisotopic (exact) mass is 420 g/mol. The topological polar surface area (TPSA) is 75.7 Å². The minimum Gasteiger partial charge on any atom is -0.379 e. The Bertz CT molecular complexity index is 1120. The maximum Gasteiger partial charge on any atom is 0.265 e. The summed E-state index contributed by atoms with van der Waals surface area (Å²) in [7, 11) is -3.58. The van der Waals surface area contributed by atoms with Gasteiger partial charge in [-0.25, -0.2) is 12.8 Å². The molecular weight excluding hydrogens is 403 g/mol. The van der Waals surface area contributed by atoms with Crippen LogP contribution in [0.3, 0.4) is 0 Å². The van der Waals surface area contributed by atoms with Crippen LogP contribution in [-0.4, -0.2) is 44.9 Å². The van der Waals surface area contributed by atoms with Gasteiger partial charge in [0.2, 0.25) is 10.0 Å². The first-order valence-corrected chi connectivity index (χ1v) is 10.9. The van der Waals surface area contributed by atoms with Crippen molar-refractivity contribution in [3.63, 3.8) is 0 Å². The maximum atomic E-state index is 13.8. The number of thiophene rings is 1. The van der Waals surface area contributed by atoms with E-state index in [9.17, 15) is 17.6 Å². The third-order valence-electron chi connectivity index (χ3n) is 4.45. The second kappa shape index (κ2) is 7.59. The zero-order chi connectivity index (χ0) is 19.7. The number of benzene rings is 2. The second-order valence-electron chi connectivity index (χ2n) is 6.26. The molecule has 0 saturated carbocycles. The Hall–Kier alpha value is -2.33. The molecule has 6 nitrogen and oxygen atoms in total. The van der Waals surface area contributed by atoms with Crippen LogP contribution in [0.2, 0.25) is 0 Å². The molecule has 1 aliphatic heterocycles. The molecule has 0 atom stereocenters. The first kappa shape index (κ1) is 19.0. The quantitative estimate of drug-likeness (QED) is 0.703. The van der Waals surface area contributed by atoms with Gasteiger partial charge in [0.1, 0.15) is 5.82 Å². The molecule has 1 aromatic heterocycles.